The Morgan fingerprint density at radius 2 is 2.08 bits per heavy atom. The van der Waals surface area contributed by atoms with E-state index in [0.29, 0.717) is 23.7 Å². The predicted molar refractivity (Wildman–Crippen MR) is 87.7 cm³/mol. The summed E-state index contributed by atoms with van der Waals surface area (Å²) in [5, 5.41) is 6.91. The van der Waals surface area contributed by atoms with Crippen LogP contribution in [0, 0.1) is 0 Å². The molecule has 0 saturated heterocycles. The highest BCUT2D eigenvalue weighted by Crippen LogP contribution is 2.18. The van der Waals surface area contributed by atoms with E-state index in [1.54, 1.807) is 23.1 Å². The molecule has 7 heteroatoms. The van der Waals surface area contributed by atoms with Gasteiger partial charge in [-0.05, 0) is 25.1 Å². The first kappa shape index (κ1) is 15.7. The smallest absolute Gasteiger partial charge is 0.253 e. The van der Waals surface area contributed by atoms with E-state index in [0.717, 1.165) is 0 Å². The SMILES string of the molecule is CC(Cn1cncn1)NC(=O)c1ccc(Oc2ccccc2)nc1. The van der Waals surface area contributed by atoms with Crippen LogP contribution in [-0.2, 0) is 6.54 Å². The molecule has 2 heterocycles. The van der Waals surface area contributed by atoms with Crippen molar-refractivity contribution in [3.63, 3.8) is 0 Å². The number of para-hydroxylation sites is 1. The molecule has 0 bridgehead atoms. The van der Waals surface area contributed by atoms with Crippen LogP contribution in [0.5, 0.6) is 11.6 Å². The third-order valence-corrected chi connectivity index (χ3v) is 3.27. The van der Waals surface area contributed by atoms with Crippen molar-refractivity contribution in [1.82, 2.24) is 25.1 Å². The first-order valence-electron chi connectivity index (χ1n) is 7.53. The minimum atomic E-state index is -0.193. The predicted octanol–water partition coefficient (Wildman–Crippen LogP) is 2.28. The van der Waals surface area contributed by atoms with Gasteiger partial charge in [-0.15, -0.1) is 0 Å². The molecule has 3 aromatic rings. The van der Waals surface area contributed by atoms with Crippen molar-refractivity contribution in [1.29, 1.82) is 0 Å². The standard InChI is InChI=1S/C17H17N5O2/c1-13(10-22-12-18-11-20-22)21-17(23)14-7-8-16(19-9-14)24-15-5-3-2-4-6-15/h2-9,11-13H,10H2,1H3,(H,21,23). The van der Waals surface area contributed by atoms with Crippen molar-refractivity contribution in [2.24, 2.45) is 0 Å². The molecule has 0 radical (unpaired) electrons. The zero-order valence-corrected chi connectivity index (χ0v) is 13.2. The molecule has 3 rings (SSSR count). The topological polar surface area (TPSA) is 81.9 Å². The first-order chi connectivity index (χ1) is 11.7. The summed E-state index contributed by atoms with van der Waals surface area (Å²) in [5.74, 6) is 0.943. The van der Waals surface area contributed by atoms with Crippen LogP contribution in [-0.4, -0.2) is 31.7 Å². The van der Waals surface area contributed by atoms with E-state index in [1.165, 1.54) is 12.5 Å². The van der Waals surface area contributed by atoms with E-state index >= 15 is 0 Å². The van der Waals surface area contributed by atoms with Crippen LogP contribution in [0.1, 0.15) is 17.3 Å². The van der Waals surface area contributed by atoms with Crippen LogP contribution in [0.2, 0.25) is 0 Å². The summed E-state index contributed by atoms with van der Waals surface area (Å²) in [5.41, 5.74) is 0.473. The fourth-order valence-corrected chi connectivity index (χ4v) is 2.14. The summed E-state index contributed by atoms with van der Waals surface area (Å²) in [6.07, 6.45) is 4.57. The van der Waals surface area contributed by atoms with Gasteiger partial charge in [0.25, 0.3) is 5.91 Å². The number of pyridine rings is 1. The van der Waals surface area contributed by atoms with Crippen LogP contribution in [0.3, 0.4) is 0 Å². The van der Waals surface area contributed by atoms with Gasteiger partial charge >= 0.3 is 0 Å². The number of amides is 1. The zero-order valence-electron chi connectivity index (χ0n) is 13.2. The van der Waals surface area contributed by atoms with Gasteiger partial charge < -0.3 is 10.1 Å². The number of hydrogen-bond acceptors (Lipinski definition) is 5. The maximum atomic E-state index is 12.2. The number of ether oxygens (including phenoxy) is 1. The average Bonchev–Trinajstić information content (AvgIpc) is 3.09. The third kappa shape index (κ3) is 4.16. The van der Waals surface area contributed by atoms with Crippen LogP contribution < -0.4 is 10.1 Å². The minimum Gasteiger partial charge on any atom is -0.439 e. The Hall–Kier alpha value is -3.22. The molecule has 1 atom stereocenters. The largest absolute Gasteiger partial charge is 0.439 e. The molecule has 0 fully saturated rings. The normalized spacial score (nSPS) is 11.7. The number of nitrogens with zero attached hydrogens (tertiary/aromatic N) is 4. The second-order valence-electron chi connectivity index (χ2n) is 5.29. The Labute approximate surface area is 139 Å². The Morgan fingerprint density at radius 3 is 2.75 bits per heavy atom. The van der Waals surface area contributed by atoms with E-state index in [9.17, 15) is 4.79 Å². The fraction of sp³-hybridized carbons (Fsp3) is 0.176. The quantitative estimate of drug-likeness (QED) is 0.752. The van der Waals surface area contributed by atoms with Gasteiger partial charge in [-0.1, -0.05) is 18.2 Å². The first-order valence-corrected chi connectivity index (χ1v) is 7.53. The molecule has 24 heavy (non-hydrogen) atoms. The monoisotopic (exact) mass is 323 g/mol. The van der Waals surface area contributed by atoms with Crippen LogP contribution in [0.4, 0.5) is 0 Å². The van der Waals surface area contributed by atoms with E-state index in [-0.39, 0.29) is 11.9 Å². The van der Waals surface area contributed by atoms with E-state index in [4.69, 9.17) is 4.74 Å². The van der Waals surface area contributed by atoms with Gasteiger partial charge in [-0.3, -0.25) is 9.48 Å². The molecule has 0 aliphatic carbocycles. The van der Waals surface area contributed by atoms with Crippen LogP contribution in [0.25, 0.3) is 0 Å². The van der Waals surface area contributed by atoms with E-state index < -0.39 is 0 Å². The molecule has 1 N–H and O–H groups in total. The third-order valence-electron chi connectivity index (χ3n) is 3.27. The molecule has 1 unspecified atom stereocenters. The van der Waals surface area contributed by atoms with Crippen molar-refractivity contribution < 1.29 is 9.53 Å². The second-order valence-corrected chi connectivity index (χ2v) is 5.29. The van der Waals surface area contributed by atoms with Gasteiger partial charge in [-0.2, -0.15) is 5.10 Å². The molecule has 1 amide bonds. The molecule has 122 valence electrons. The lowest BCUT2D eigenvalue weighted by Crippen LogP contribution is -2.35. The number of carbonyl (C=O) groups is 1. The number of benzene rings is 1. The summed E-state index contributed by atoms with van der Waals surface area (Å²) in [6.45, 7) is 2.45. The lowest BCUT2D eigenvalue weighted by Gasteiger charge is -2.13. The number of aromatic nitrogens is 4. The summed E-state index contributed by atoms with van der Waals surface area (Å²) in [7, 11) is 0. The average molecular weight is 323 g/mol. The van der Waals surface area contributed by atoms with Crippen LogP contribution >= 0.6 is 0 Å². The fourth-order valence-electron chi connectivity index (χ4n) is 2.14. The molecule has 0 aliphatic heterocycles. The number of hydrogen-bond donors (Lipinski definition) is 1. The lowest BCUT2D eigenvalue weighted by molar-refractivity contribution is 0.0935. The molecule has 0 saturated carbocycles. The van der Waals surface area contributed by atoms with Gasteiger partial charge in [0.1, 0.15) is 18.4 Å². The number of nitrogens with one attached hydrogen (secondary N) is 1. The summed E-state index contributed by atoms with van der Waals surface area (Å²) < 4.78 is 7.27. The Morgan fingerprint density at radius 1 is 1.25 bits per heavy atom. The molecular weight excluding hydrogens is 306 g/mol. The second kappa shape index (κ2) is 7.36. The van der Waals surface area contributed by atoms with Crippen molar-refractivity contribution in [3.8, 4) is 11.6 Å². The van der Waals surface area contributed by atoms with Gasteiger partial charge in [0.05, 0.1) is 12.1 Å². The summed E-state index contributed by atoms with van der Waals surface area (Å²) >= 11 is 0. The molecular formula is C17H17N5O2. The van der Waals surface area contributed by atoms with E-state index in [2.05, 4.69) is 20.4 Å². The highest BCUT2D eigenvalue weighted by Gasteiger charge is 2.11. The van der Waals surface area contributed by atoms with Gasteiger partial charge in [0, 0.05) is 18.3 Å². The van der Waals surface area contributed by atoms with Crippen LogP contribution in [0.15, 0.2) is 61.3 Å². The molecule has 1 aromatic carbocycles. The van der Waals surface area contributed by atoms with Crippen molar-refractivity contribution >= 4 is 5.91 Å². The maximum Gasteiger partial charge on any atom is 0.253 e. The van der Waals surface area contributed by atoms with Gasteiger partial charge in [-0.25, -0.2) is 9.97 Å². The van der Waals surface area contributed by atoms with Gasteiger partial charge in [0.15, 0.2) is 0 Å². The molecule has 0 aliphatic rings. The van der Waals surface area contributed by atoms with Gasteiger partial charge in [0.2, 0.25) is 5.88 Å². The highest BCUT2D eigenvalue weighted by molar-refractivity contribution is 5.94. The minimum absolute atomic E-state index is 0.0838. The molecule has 7 nitrogen and oxygen atoms in total. The summed E-state index contributed by atoms with van der Waals surface area (Å²) in [6, 6.07) is 12.6. The highest BCUT2D eigenvalue weighted by atomic mass is 16.5. The number of rotatable bonds is 6. The van der Waals surface area contributed by atoms with E-state index in [1.807, 2.05) is 37.3 Å². The van der Waals surface area contributed by atoms with Crippen molar-refractivity contribution in [3.05, 3.63) is 66.9 Å². The summed E-state index contributed by atoms with van der Waals surface area (Å²) in [4.78, 5) is 20.3. The Balaban J connectivity index is 1.57. The maximum absolute atomic E-state index is 12.2. The van der Waals surface area contributed by atoms with Crippen molar-refractivity contribution in [2.45, 2.75) is 19.5 Å². The van der Waals surface area contributed by atoms with Crippen molar-refractivity contribution in [2.75, 3.05) is 0 Å². The molecule has 2 aromatic heterocycles. The lowest BCUT2D eigenvalue weighted by atomic mass is 10.2. The Bertz CT molecular complexity index is 773. The molecule has 0 spiro atoms. The zero-order chi connectivity index (χ0) is 16.8. The number of carbonyl (C=O) groups excluding carboxylic acids is 1. The Kier molecular flexibility index (Phi) is 4.81.